The van der Waals surface area contributed by atoms with Gasteiger partial charge >= 0.3 is 12.1 Å². The van der Waals surface area contributed by atoms with Crippen molar-refractivity contribution in [2.75, 3.05) is 19.7 Å². The van der Waals surface area contributed by atoms with Crippen LogP contribution in [0.2, 0.25) is 0 Å². The number of carbonyl (C=O) groups excluding carboxylic acids is 2. The van der Waals surface area contributed by atoms with Gasteiger partial charge in [0, 0.05) is 19.0 Å². The molecule has 0 saturated carbocycles. The highest BCUT2D eigenvalue weighted by molar-refractivity contribution is 5.81. The van der Waals surface area contributed by atoms with Crippen molar-refractivity contribution in [3.8, 4) is 11.1 Å². The van der Waals surface area contributed by atoms with E-state index in [1.807, 2.05) is 31.2 Å². The highest BCUT2D eigenvalue weighted by Crippen LogP contribution is 2.44. The molecule has 7 nitrogen and oxygen atoms in total. The van der Waals surface area contributed by atoms with Crippen LogP contribution >= 0.6 is 0 Å². The quantitative estimate of drug-likeness (QED) is 0.505. The van der Waals surface area contributed by atoms with Crippen molar-refractivity contribution in [1.29, 1.82) is 0 Å². The van der Waals surface area contributed by atoms with Crippen molar-refractivity contribution in [2.45, 2.75) is 33.1 Å². The van der Waals surface area contributed by atoms with Gasteiger partial charge in [0.25, 0.3) is 0 Å². The summed E-state index contributed by atoms with van der Waals surface area (Å²) >= 11 is 0. The van der Waals surface area contributed by atoms with Gasteiger partial charge in [0.15, 0.2) is 0 Å². The Morgan fingerprint density at radius 3 is 2.03 bits per heavy atom. The van der Waals surface area contributed by atoms with Gasteiger partial charge in [-0.2, -0.15) is 0 Å². The highest BCUT2D eigenvalue weighted by Gasteiger charge is 2.29. The van der Waals surface area contributed by atoms with Gasteiger partial charge in [0.2, 0.25) is 5.91 Å². The SMILES string of the molecule is CCC(CNC(=O)OCC1c2ccccc2-c2ccccc21)C(=O)NCC(C(=O)O)C(C)C. The first-order chi connectivity index (χ1) is 15.8. The predicted octanol–water partition coefficient (Wildman–Crippen LogP) is 4.02. The third-order valence-electron chi connectivity index (χ3n) is 6.32. The average Bonchev–Trinajstić information content (AvgIpc) is 3.11. The molecule has 0 spiro atoms. The minimum Gasteiger partial charge on any atom is -0.481 e. The average molecular weight is 453 g/mol. The number of carboxylic acid groups (broad SMARTS) is 1. The summed E-state index contributed by atoms with van der Waals surface area (Å²) in [5.74, 6) is -2.45. The first-order valence-electron chi connectivity index (χ1n) is 11.4. The minimum atomic E-state index is -0.935. The molecule has 0 aliphatic heterocycles. The fraction of sp³-hybridized carbons (Fsp3) is 0.423. The maximum atomic E-state index is 12.5. The number of hydrogen-bond acceptors (Lipinski definition) is 4. The fourth-order valence-corrected chi connectivity index (χ4v) is 4.24. The number of nitrogens with one attached hydrogen (secondary N) is 2. The van der Waals surface area contributed by atoms with E-state index < -0.39 is 23.9 Å². The van der Waals surface area contributed by atoms with Gasteiger partial charge in [-0.15, -0.1) is 0 Å². The van der Waals surface area contributed by atoms with E-state index in [2.05, 4.69) is 34.9 Å². The van der Waals surface area contributed by atoms with E-state index >= 15 is 0 Å². The molecule has 33 heavy (non-hydrogen) atoms. The molecule has 0 bridgehead atoms. The molecule has 0 fully saturated rings. The first-order valence-corrected chi connectivity index (χ1v) is 11.4. The molecule has 0 heterocycles. The number of amides is 2. The van der Waals surface area contributed by atoms with E-state index in [1.165, 1.54) is 0 Å². The van der Waals surface area contributed by atoms with Gasteiger partial charge in [0.1, 0.15) is 6.61 Å². The Labute approximate surface area is 194 Å². The minimum absolute atomic E-state index is 0.0302. The van der Waals surface area contributed by atoms with Crippen molar-refractivity contribution in [3.05, 3.63) is 59.7 Å². The van der Waals surface area contributed by atoms with Crippen LogP contribution < -0.4 is 10.6 Å². The Kier molecular flexibility index (Phi) is 8.09. The number of carbonyl (C=O) groups is 3. The Balaban J connectivity index is 1.52. The molecule has 7 heteroatoms. The first kappa shape index (κ1) is 24.3. The number of benzene rings is 2. The number of carboxylic acids is 1. The summed E-state index contributed by atoms with van der Waals surface area (Å²) in [5.41, 5.74) is 4.59. The van der Waals surface area contributed by atoms with Crippen molar-refractivity contribution in [2.24, 2.45) is 17.8 Å². The van der Waals surface area contributed by atoms with Gasteiger partial charge in [-0.1, -0.05) is 69.3 Å². The molecule has 2 aromatic carbocycles. The lowest BCUT2D eigenvalue weighted by atomic mass is 9.95. The van der Waals surface area contributed by atoms with Crippen LogP contribution in [0.4, 0.5) is 4.79 Å². The number of ether oxygens (including phenoxy) is 1. The molecule has 176 valence electrons. The molecule has 0 saturated heterocycles. The Morgan fingerprint density at radius 2 is 1.52 bits per heavy atom. The molecule has 2 atom stereocenters. The predicted molar refractivity (Wildman–Crippen MR) is 126 cm³/mol. The van der Waals surface area contributed by atoms with Crippen molar-refractivity contribution in [3.63, 3.8) is 0 Å². The van der Waals surface area contributed by atoms with Crippen molar-refractivity contribution in [1.82, 2.24) is 10.6 Å². The summed E-state index contributed by atoms with van der Waals surface area (Å²) in [7, 11) is 0. The largest absolute Gasteiger partial charge is 0.481 e. The molecule has 3 N–H and O–H groups in total. The number of aliphatic carboxylic acids is 1. The zero-order valence-corrected chi connectivity index (χ0v) is 19.3. The maximum Gasteiger partial charge on any atom is 0.407 e. The lowest BCUT2D eigenvalue weighted by Crippen LogP contribution is -2.42. The van der Waals surface area contributed by atoms with Crippen molar-refractivity contribution >= 4 is 18.0 Å². The fourth-order valence-electron chi connectivity index (χ4n) is 4.24. The third-order valence-corrected chi connectivity index (χ3v) is 6.32. The molecule has 2 unspecified atom stereocenters. The van der Waals surface area contributed by atoms with E-state index in [0.29, 0.717) is 6.42 Å². The number of rotatable bonds is 10. The molecule has 0 aromatic heterocycles. The second-order valence-corrected chi connectivity index (χ2v) is 8.75. The molecule has 1 aliphatic rings. The van der Waals surface area contributed by atoms with Crippen LogP contribution in [0.1, 0.15) is 44.2 Å². The normalized spacial score (nSPS) is 14.2. The summed E-state index contributed by atoms with van der Waals surface area (Å²) in [6.45, 7) is 5.85. The second kappa shape index (κ2) is 11.0. The highest BCUT2D eigenvalue weighted by atomic mass is 16.5. The second-order valence-electron chi connectivity index (χ2n) is 8.75. The lowest BCUT2D eigenvalue weighted by molar-refractivity contribution is -0.143. The van der Waals surface area contributed by atoms with Crippen LogP contribution in [0.25, 0.3) is 11.1 Å². The topological polar surface area (TPSA) is 105 Å². The van der Waals surface area contributed by atoms with E-state index in [1.54, 1.807) is 13.8 Å². The van der Waals surface area contributed by atoms with Crippen LogP contribution in [-0.2, 0) is 14.3 Å². The molecule has 2 aromatic rings. The molecule has 0 radical (unpaired) electrons. The summed E-state index contributed by atoms with van der Waals surface area (Å²) in [5, 5.41) is 14.7. The third kappa shape index (κ3) is 5.72. The molecule has 3 rings (SSSR count). The molecular weight excluding hydrogens is 420 g/mol. The Bertz CT molecular complexity index is 958. The van der Waals surface area contributed by atoms with E-state index in [-0.39, 0.29) is 37.4 Å². The number of alkyl carbamates (subject to hydrolysis) is 1. The number of hydrogen-bond donors (Lipinski definition) is 3. The summed E-state index contributed by atoms with van der Waals surface area (Å²) < 4.78 is 5.52. The van der Waals surface area contributed by atoms with Crippen LogP contribution in [0.3, 0.4) is 0 Å². The zero-order valence-electron chi connectivity index (χ0n) is 19.3. The Morgan fingerprint density at radius 1 is 0.939 bits per heavy atom. The Hall–Kier alpha value is -3.35. The lowest BCUT2D eigenvalue weighted by Gasteiger charge is -2.20. The van der Waals surface area contributed by atoms with E-state index in [9.17, 15) is 19.5 Å². The van der Waals surface area contributed by atoms with Gasteiger partial charge < -0.3 is 20.5 Å². The molecule has 1 aliphatic carbocycles. The van der Waals surface area contributed by atoms with E-state index in [0.717, 1.165) is 22.3 Å². The molecular formula is C26H32N2O5. The van der Waals surface area contributed by atoms with Crippen LogP contribution in [-0.4, -0.2) is 42.8 Å². The molecule has 2 amide bonds. The van der Waals surface area contributed by atoms with Crippen LogP contribution in [0.15, 0.2) is 48.5 Å². The standard InChI is InChI=1S/C26H32N2O5/c1-4-17(24(29)27-14-22(16(2)3)25(30)31)13-28-26(32)33-15-23-20-11-7-5-9-18(20)19-10-6-8-12-21(19)23/h5-12,16-17,22-23H,4,13-15H2,1-3H3,(H,27,29)(H,28,32)(H,30,31). The van der Waals surface area contributed by atoms with Gasteiger partial charge in [0.05, 0.1) is 11.8 Å². The van der Waals surface area contributed by atoms with Crippen molar-refractivity contribution < 1.29 is 24.2 Å². The zero-order chi connectivity index (χ0) is 24.0. The maximum absolute atomic E-state index is 12.5. The van der Waals surface area contributed by atoms with Gasteiger partial charge in [-0.3, -0.25) is 9.59 Å². The van der Waals surface area contributed by atoms with Crippen LogP contribution in [0, 0.1) is 17.8 Å². The number of fused-ring (bicyclic) bond motifs is 3. The smallest absolute Gasteiger partial charge is 0.407 e. The van der Waals surface area contributed by atoms with Crippen LogP contribution in [0.5, 0.6) is 0 Å². The summed E-state index contributed by atoms with van der Waals surface area (Å²) in [4.78, 5) is 36.2. The van der Waals surface area contributed by atoms with E-state index in [4.69, 9.17) is 4.74 Å². The monoisotopic (exact) mass is 452 g/mol. The van der Waals surface area contributed by atoms with Gasteiger partial charge in [-0.05, 0) is 34.6 Å². The van der Waals surface area contributed by atoms with Gasteiger partial charge in [-0.25, -0.2) is 4.79 Å². The summed E-state index contributed by atoms with van der Waals surface area (Å²) in [6, 6.07) is 16.2. The summed E-state index contributed by atoms with van der Waals surface area (Å²) in [6.07, 6.45) is -0.0664.